The Morgan fingerprint density at radius 2 is 2.26 bits per heavy atom. The smallest absolute Gasteiger partial charge is 0.328 e. The third kappa shape index (κ3) is 4.22. The van der Waals surface area contributed by atoms with Gasteiger partial charge in [-0.15, -0.1) is 23.1 Å². The van der Waals surface area contributed by atoms with Gasteiger partial charge >= 0.3 is 5.97 Å². The molecule has 2 rings (SSSR count). The van der Waals surface area contributed by atoms with E-state index in [1.165, 1.54) is 16.4 Å². The summed E-state index contributed by atoms with van der Waals surface area (Å²) in [7, 11) is 0. The molecule has 0 atom stereocenters. The van der Waals surface area contributed by atoms with Gasteiger partial charge in [0.2, 0.25) is 0 Å². The first-order valence-corrected chi connectivity index (χ1v) is 7.37. The molecule has 0 radical (unpaired) electrons. The number of benzene rings is 1. The highest BCUT2D eigenvalue weighted by Gasteiger charge is 2.03. The van der Waals surface area contributed by atoms with E-state index in [1.54, 1.807) is 35.2 Å². The van der Waals surface area contributed by atoms with Crippen molar-refractivity contribution in [1.82, 2.24) is 0 Å². The topological polar surface area (TPSA) is 37.3 Å². The fourth-order valence-electron chi connectivity index (χ4n) is 1.47. The molecule has 0 aliphatic carbocycles. The second-order valence-electron chi connectivity index (χ2n) is 3.75. The molecule has 0 unspecified atom stereocenters. The van der Waals surface area contributed by atoms with E-state index in [0.29, 0.717) is 5.56 Å². The third-order valence-corrected chi connectivity index (χ3v) is 4.54. The highest BCUT2D eigenvalue weighted by molar-refractivity contribution is 8.00. The molecule has 0 bridgehead atoms. The molecule has 0 aliphatic heterocycles. The molecule has 1 aromatic heterocycles. The molecule has 0 amide bonds. The molecule has 2 aromatic rings. The zero-order valence-corrected chi connectivity index (χ0v) is 11.5. The molecular weight excluding hydrogens is 283 g/mol. The van der Waals surface area contributed by atoms with Crippen molar-refractivity contribution in [2.75, 3.05) is 0 Å². The van der Waals surface area contributed by atoms with Gasteiger partial charge in [-0.2, -0.15) is 0 Å². The Morgan fingerprint density at radius 1 is 1.42 bits per heavy atom. The van der Waals surface area contributed by atoms with Gasteiger partial charge in [-0.05, 0) is 35.2 Å². The van der Waals surface area contributed by atoms with Crippen molar-refractivity contribution < 1.29 is 14.3 Å². The van der Waals surface area contributed by atoms with E-state index < -0.39 is 11.8 Å². The fourth-order valence-corrected chi connectivity index (χ4v) is 3.20. The minimum atomic E-state index is -1.09. The van der Waals surface area contributed by atoms with Crippen LogP contribution in [-0.2, 0) is 10.5 Å². The van der Waals surface area contributed by atoms with E-state index in [1.807, 2.05) is 17.5 Å². The highest BCUT2D eigenvalue weighted by Crippen LogP contribution is 2.27. The summed E-state index contributed by atoms with van der Waals surface area (Å²) in [6.45, 7) is 0. The average molecular weight is 294 g/mol. The fraction of sp³-hybridized carbons (Fsp3) is 0.0714. The van der Waals surface area contributed by atoms with Crippen LogP contribution in [0.1, 0.15) is 11.1 Å². The maximum Gasteiger partial charge on any atom is 0.328 e. The second-order valence-corrected chi connectivity index (χ2v) is 5.97. The summed E-state index contributed by atoms with van der Waals surface area (Å²) in [5, 5.41) is 10.6. The van der Waals surface area contributed by atoms with Crippen LogP contribution in [-0.4, -0.2) is 11.1 Å². The molecule has 0 fully saturated rings. The van der Waals surface area contributed by atoms with Gasteiger partial charge < -0.3 is 5.11 Å². The van der Waals surface area contributed by atoms with E-state index in [9.17, 15) is 9.18 Å². The van der Waals surface area contributed by atoms with Gasteiger partial charge in [0, 0.05) is 17.4 Å². The Balaban J connectivity index is 2.09. The van der Waals surface area contributed by atoms with Gasteiger partial charge in [-0.3, -0.25) is 0 Å². The van der Waals surface area contributed by atoms with Crippen molar-refractivity contribution in [1.29, 1.82) is 0 Å². The van der Waals surface area contributed by atoms with Crippen LogP contribution < -0.4 is 0 Å². The molecule has 0 aliphatic rings. The summed E-state index contributed by atoms with van der Waals surface area (Å²) >= 11 is 3.34. The Kier molecular flexibility index (Phi) is 4.76. The van der Waals surface area contributed by atoms with Gasteiger partial charge in [0.15, 0.2) is 0 Å². The van der Waals surface area contributed by atoms with Gasteiger partial charge in [-0.25, -0.2) is 9.18 Å². The van der Waals surface area contributed by atoms with Crippen LogP contribution in [0, 0.1) is 5.82 Å². The maximum atomic E-state index is 13.5. The lowest BCUT2D eigenvalue weighted by Crippen LogP contribution is -1.89. The van der Waals surface area contributed by atoms with Gasteiger partial charge in [-0.1, -0.05) is 12.1 Å². The summed E-state index contributed by atoms with van der Waals surface area (Å²) in [6, 6.07) is 8.78. The van der Waals surface area contributed by atoms with Crippen LogP contribution >= 0.6 is 23.1 Å². The van der Waals surface area contributed by atoms with E-state index in [4.69, 9.17) is 5.11 Å². The number of thioether (sulfide) groups is 1. The van der Waals surface area contributed by atoms with E-state index >= 15 is 0 Å². The molecule has 0 saturated heterocycles. The van der Waals surface area contributed by atoms with Crippen LogP contribution in [0.15, 0.2) is 46.0 Å². The van der Waals surface area contributed by atoms with Crippen LogP contribution in [0.3, 0.4) is 0 Å². The summed E-state index contributed by atoms with van der Waals surface area (Å²) in [6.07, 6.45) is 2.21. The van der Waals surface area contributed by atoms with E-state index in [2.05, 4.69) is 0 Å². The van der Waals surface area contributed by atoms with Crippen molar-refractivity contribution in [3.63, 3.8) is 0 Å². The van der Waals surface area contributed by atoms with E-state index in [0.717, 1.165) is 17.4 Å². The minimum absolute atomic E-state index is 0.298. The number of carboxylic acids is 1. The molecule has 5 heteroatoms. The van der Waals surface area contributed by atoms with Gasteiger partial charge in [0.1, 0.15) is 5.82 Å². The Hall–Kier alpha value is -1.59. The number of halogens is 1. The number of carbonyl (C=O) groups is 1. The van der Waals surface area contributed by atoms with Gasteiger partial charge in [0.25, 0.3) is 0 Å². The monoisotopic (exact) mass is 294 g/mol. The Labute approximate surface area is 118 Å². The Bertz CT molecular complexity index is 591. The normalized spacial score (nSPS) is 11.0. The zero-order chi connectivity index (χ0) is 13.7. The molecule has 98 valence electrons. The molecular formula is C14H11FO2S2. The van der Waals surface area contributed by atoms with Crippen LogP contribution in [0.2, 0.25) is 0 Å². The predicted octanol–water partition coefficient (Wildman–Crippen LogP) is 4.28. The van der Waals surface area contributed by atoms with Gasteiger partial charge in [0.05, 0.1) is 4.21 Å². The number of thiophene rings is 1. The Morgan fingerprint density at radius 3 is 2.95 bits per heavy atom. The average Bonchev–Trinajstić information content (AvgIpc) is 2.89. The SMILES string of the molecule is O=C(O)/C=C/c1cc(CSc2cccs2)ccc1F. The van der Waals surface area contributed by atoms with Crippen LogP contribution in [0.25, 0.3) is 6.08 Å². The van der Waals surface area contributed by atoms with E-state index in [-0.39, 0.29) is 0 Å². The lowest BCUT2D eigenvalue weighted by molar-refractivity contribution is -0.131. The van der Waals surface area contributed by atoms with Crippen molar-refractivity contribution in [2.24, 2.45) is 0 Å². The first kappa shape index (κ1) is 13.8. The standard InChI is InChI=1S/C14H11FO2S2/c15-12-5-3-10(8-11(12)4-6-13(16)17)9-19-14-2-1-7-18-14/h1-8H,9H2,(H,16,17)/b6-4+. The third-order valence-electron chi connectivity index (χ3n) is 2.34. The molecule has 2 nitrogen and oxygen atoms in total. The molecule has 0 saturated carbocycles. The number of hydrogen-bond acceptors (Lipinski definition) is 3. The lowest BCUT2D eigenvalue weighted by atomic mass is 10.1. The van der Waals surface area contributed by atoms with Crippen LogP contribution in [0.4, 0.5) is 4.39 Å². The largest absolute Gasteiger partial charge is 0.478 e. The summed E-state index contributed by atoms with van der Waals surface area (Å²) in [4.78, 5) is 10.4. The predicted molar refractivity (Wildman–Crippen MR) is 76.9 cm³/mol. The quantitative estimate of drug-likeness (QED) is 0.660. The molecule has 1 N–H and O–H groups in total. The summed E-state index contributed by atoms with van der Waals surface area (Å²) < 4.78 is 14.7. The first-order chi connectivity index (χ1) is 9.15. The zero-order valence-electron chi connectivity index (χ0n) is 9.88. The number of rotatable bonds is 5. The highest BCUT2D eigenvalue weighted by atomic mass is 32.2. The van der Waals surface area contributed by atoms with Crippen molar-refractivity contribution in [2.45, 2.75) is 9.96 Å². The molecule has 19 heavy (non-hydrogen) atoms. The van der Waals surface area contributed by atoms with Crippen molar-refractivity contribution >= 4 is 35.1 Å². The number of hydrogen-bond donors (Lipinski definition) is 1. The number of carboxylic acid groups (broad SMARTS) is 1. The maximum absolute atomic E-state index is 13.5. The summed E-state index contributed by atoms with van der Waals surface area (Å²) in [5.41, 5.74) is 1.26. The second kappa shape index (κ2) is 6.54. The minimum Gasteiger partial charge on any atom is -0.478 e. The lowest BCUT2D eigenvalue weighted by Gasteiger charge is -2.03. The molecule has 1 heterocycles. The number of aliphatic carboxylic acids is 1. The van der Waals surface area contributed by atoms with Crippen molar-refractivity contribution in [3.05, 3.63) is 58.7 Å². The summed E-state index contributed by atoms with van der Waals surface area (Å²) in [5.74, 6) is -0.769. The van der Waals surface area contributed by atoms with Crippen molar-refractivity contribution in [3.8, 4) is 0 Å². The molecule has 0 spiro atoms. The molecule has 1 aromatic carbocycles. The first-order valence-electron chi connectivity index (χ1n) is 5.51. The van der Waals surface area contributed by atoms with Crippen LogP contribution in [0.5, 0.6) is 0 Å².